The molecule has 0 spiro atoms. The van der Waals surface area contributed by atoms with E-state index in [2.05, 4.69) is 33.9 Å². The van der Waals surface area contributed by atoms with Gasteiger partial charge in [0.2, 0.25) is 0 Å². The molecule has 0 saturated heterocycles. The highest BCUT2D eigenvalue weighted by molar-refractivity contribution is 6.74. The largest absolute Gasteiger partial charge is 0.413 e. The van der Waals surface area contributed by atoms with Gasteiger partial charge < -0.3 is 9.53 Å². The molecule has 0 rings (SSSR count). The summed E-state index contributed by atoms with van der Waals surface area (Å²) in [6.45, 7) is 10.7. The van der Waals surface area contributed by atoms with Gasteiger partial charge in [-0.3, -0.25) is 0 Å². The van der Waals surface area contributed by atoms with E-state index in [1.54, 1.807) is 6.07 Å². The van der Waals surface area contributed by atoms with Gasteiger partial charge in [-0.2, -0.15) is 5.26 Å². The van der Waals surface area contributed by atoms with Gasteiger partial charge in [-0.05, 0) is 18.1 Å². The van der Waals surface area contributed by atoms with Crippen LogP contribution >= 0.6 is 0 Å². The minimum absolute atomic E-state index is 0.127. The highest BCUT2D eigenvalue weighted by Crippen LogP contribution is 2.36. The molecule has 0 saturated carbocycles. The summed E-state index contributed by atoms with van der Waals surface area (Å²) >= 11 is 0. The maximum atomic E-state index is 9.02. The molecular formula is C9H19NO2Si. The number of nitrogens with zero attached hydrogens (tertiary/aromatic N) is 1. The molecule has 0 aromatic rings. The Morgan fingerprint density at radius 3 is 2.23 bits per heavy atom. The van der Waals surface area contributed by atoms with Crippen molar-refractivity contribution in [2.45, 2.75) is 45.0 Å². The van der Waals surface area contributed by atoms with E-state index in [-0.39, 0.29) is 11.6 Å². The molecule has 0 fully saturated rings. The molecule has 0 unspecified atom stereocenters. The van der Waals surface area contributed by atoms with Crippen molar-refractivity contribution < 1.29 is 9.53 Å². The lowest BCUT2D eigenvalue weighted by Gasteiger charge is -2.36. The average molecular weight is 201 g/mol. The van der Waals surface area contributed by atoms with Crippen molar-refractivity contribution in [1.29, 1.82) is 5.26 Å². The number of rotatable bonds is 3. The molecule has 76 valence electrons. The fraction of sp³-hybridized carbons (Fsp3) is 0.889. The lowest BCUT2D eigenvalue weighted by molar-refractivity contribution is 0.140. The maximum Gasteiger partial charge on any atom is 0.192 e. The van der Waals surface area contributed by atoms with Crippen LogP contribution in [0.4, 0.5) is 0 Å². The van der Waals surface area contributed by atoms with Crippen LogP contribution < -0.4 is 0 Å². The Kier molecular flexibility index (Phi) is 4.10. The SMILES string of the molecule is CC(C)(C)[Si](C)(C)OC[C@H](O)C#N. The predicted molar refractivity (Wildman–Crippen MR) is 54.8 cm³/mol. The van der Waals surface area contributed by atoms with Gasteiger partial charge in [0.05, 0.1) is 12.7 Å². The van der Waals surface area contributed by atoms with Crippen molar-refractivity contribution in [2.75, 3.05) is 6.61 Å². The van der Waals surface area contributed by atoms with E-state index in [0.29, 0.717) is 0 Å². The second kappa shape index (κ2) is 4.23. The third kappa shape index (κ3) is 3.90. The predicted octanol–water partition coefficient (Wildman–Crippen LogP) is 1.89. The number of hydrogen-bond acceptors (Lipinski definition) is 3. The molecule has 0 aliphatic heterocycles. The molecule has 4 heteroatoms. The monoisotopic (exact) mass is 201 g/mol. The zero-order valence-corrected chi connectivity index (χ0v) is 10.1. The van der Waals surface area contributed by atoms with Gasteiger partial charge in [-0.25, -0.2) is 0 Å². The van der Waals surface area contributed by atoms with E-state index < -0.39 is 14.4 Å². The summed E-state index contributed by atoms with van der Waals surface area (Å²) in [5.74, 6) is 0. The number of aliphatic hydroxyl groups is 1. The summed E-state index contributed by atoms with van der Waals surface area (Å²) in [4.78, 5) is 0. The summed E-state index contributed by atoms with van der Waals surface area (Å²) in [6, 6.07) is 1.74. The highest BCUT2D eigenvalue weighted by atomic mass is 28.4. The van der Waals surface area contributed by atoms with Crippen molar-refractivity contribution in [3.05, 3.63) is 0 Å². The van der Waals surface area contributed by atoms with Gasteiger partial charge in [0, 0.05) is 0 Å². The summed E-state index contributed by atoms with van der Waals surface area (Å²) in [6.07, 6.45) is -0.992. The van der Waals surface area contributed by atoms with Crippen LogP contribution in [-0.4, -0.2) is 26.1 Å². The Bertz CT molecular complexity index is 203. The molecule has 0 aliphatic carbocycles. The van der Waals surface area contributed by atoms with E-state index in [1.807, 2.05) is 0 Å². The van der Waals surface area contributed by atoms with Crippen molar-refractivity contribution in [3.63, 3.8) is 0 Å². The summed E-state index contributed by atoms with van der Waals surface area (Å²) < 4.78 is 5.61. The van der Waals surface area contributed by atoms with Crippen molar-refractivity contribution in [2.24, 2.45) is 0 Å². The lowest BCUT2D eigenvalue weighted by Crippen LogP contribution is -2.42. The molecule has 0 heterocycles. The Labute approximate surface area is 81.5 Å². The topological polar surface area (TPSA) is 53.2 Å². The second-order valence-corrected chi connectivity index (χ2v) is 9.53. The van der Waals surface area contributed by atoms with E-state index in [1.165, 1.54) is 0 Å². The Morgan fingerprint density at radius 2 is 1.92 bits per heavy atom. The first-order valence-corrected chi connectivity index (χ1v) is 7.33. The van der Waals surface area contributed by atoms with Crippen LogP contribution in [0.1, 0.15) is 20.8 Å². The van der Waals surface area contributed by atoms with E-state index in [9.17, 15) is 0 Å². The zero-order valence-electron chi connectivity index (χ0n) is 9.09. The van der Waals surface area contributed by atoms with Gasteiger partial charge in [-0.15, -0.1) is 0 Å². The Hall–Kier alpha value is -0.373. The molecule has 0 aliphatic rings. The zero-order chi connectivity index (χ0) is 10.7. The first-order chi connectivity index (χ1) is 5.70. The van der Waals surface area contributed by atoms with E-state index in [4.69, 9.17) is 14.8 Å². The highest BCUT2D eigenvalue weighted by Gasteiger charge is 2.37. The minimum Gasteiger partial charge on any atom is -0.413 e. The van der Waals surface area contributed by atoms with Crippen LogP contribution in [0.15, 0.2) is 0 Å². The van der Waals surface area contributed by atoms with Gasteiger partial charge >= 0.3 is 0 Å². The first kappa shape index (κ1) is 12.6. The Balaban J connectivity index is 4.14. The summed E-state index contributed by atoms with van der Waals surface area (Å²) in [5, 5.41) is 17.5. The van der Waals surface area contributed by atoms with Gasteiger partial charge in [0.25, 0.3) is 0 Å². The van der Waals surface area contributed by atoms with Crippen LogP contribution in [0.25, 0.3) is 0 Å². The van der Waals surface area contributed by atoms with Crippen molar-refractivity contribution in [1.82, 2.24) is 0 Å². The number of aliphatic hydroxyl groups excluding tert-OH is 1. The lowest BCUT2D eigenvalue weighted by atomic mass is 10.2. The molecule has 0 aromatic heterocycles. The minimum atomic E-state index is -1.80. The molecular weight excluding hydrogens is 182 g/mol. The molecule has 0 bridgehead atoms. The number of nitriles is 1. The van der Waals surface area contributed by atoms with Crippen molar-refractivity contribution >= 4 is 8.32 Å². The molecule has 0 amide bonds. The summed E-state index contributed by atoms with van der Waals surface area (Å²) in [5.41, 5.74) is 0. The second-order valence-electron chi connectivity index (χ2n) is 4.72. The van der Waals surface area contributed by atoms with Crippen molar-refractivity contribution in [3.8, 4) is 6.07 Å². The molecule has 1 atom stereocenters. The third-order valence-corrected chi connectivity index (χ3v) is 7.06. The van der Waals surface area contributed by atoms with E-state index in [0.717, 1.165) is 0 Å². The standard InChI is InChI=1S/C9H19NO2Si/c1-9(2,3)13(4,5)12-7-8(11)6-10/h8,11H,7H2,1-5H3/t8-/m1/s1. The van der Waals surface area contributed by atoms with Gasteiger partial charge in [0.1, 0.15) is 0 Å². The first-order valence-electron chi connectivity index (χ1n) is 4.42. The molecule has 0 radical (unpaired) electrons. The Morgan fingerprint density at radius 1 is 1.46 bits per heavy atom. The maximum absolute atomic E-state index is 9.02. The smallest absolute Gasteiger partial charge is 0.192 e. The quantitative estimate of drug-likeness (QED) is 0.560. The third-order valence-electron chi connectivity index (χ3n) is 2.56. The van der Waals surface area contributed by atoms with Crippen LogP contribution in [0, 0.1) is 11.3 Å². The van der Waals surface area contributed by atoms with Crippen LogP contribution in [0.5, 0.6) is 0 Å². The molecule has 1 N–H and O–H groups in total. The normalized spacial score (nSPS) is 15.2. The summed E-state index contributed by atoms with van der Waals surface area (Å²) in [7, 11) is -1.80. The molecule has 3 nitrogen and oxygen atoms in total. The number of hydrogen-bond donors (Lipinski definition) is 1. The van der Waals surface area contributed by atoms with Crippen LogP contribution in [-0.2, 0) is 4.43 Å². The van der Waals surface area contributed by atoms with Crippen LogP contribution in [0.3, 0.4) is 0 Å². The fourth-order valence-electron chi connectivity index (χ4n) is 0.541. The fourth-order valence-corrected chi connectivity index (χ4v) is 1.55. The van der Waals surface area contributed by atoms with Crippen LogP contribution in [0.2, 0.25) is 18.1 Å². The van der Waals surface area contributed by atoms with Gasteiger partial charge in [-0.1, -0.05) is 20.8 Å². The molecule has 0 aromatic carbocycles. The van der Waals surface area contributed by atoms with Gasteiger partial charge in [0.15, 0.2) is 14.4 Å². The average Bonchev–Trinajstić information content (AvgIpc) is 1.98. The van der Waals surface area contributed by atoms with E-state index >= 15 is 0 Å². The molecule has 13 heavy (non-hydrogen) atoms.